The second-order valence-electron chi connectivity index (χ2n) is 3.14. The standard InChI is InChI=1S/C7H8N4O7S2/c1-20(15,16)18-6(14)4(10-17-2-3(12)13)5-9-7(8)19-11-5/h2H2,1H3,(H,12,13)(H2,8,9,11)/b10-4+. The highest BCUT2D eigenvalue weighted by Gasteiger charge is 2.25. The van der Waals surface area contributed by atoms with Gasteiger partial charge >= 0.3 is 22.1 Å². The minimum Gasteiger partial charge on any atom is -0.479 e. The van der Waals surface area contributed by atoms with Gasteiger partial charge in [-0.2, -0.15) is 17.8 Å². The number of aliphatic carboxylic acids is 1. The van der Waals surface area contributed by atoms with Crippen LogP contribution < -0.4 is 5.73 Å². The smallest absolute Gasteiger partial charge is 0.379 e. The van der Waals surface area contributed by atoms with E-state index < -0.39 is 34.4 Å². The Bertz CT molecular complexity index is 650. The van der Waals surface area contributed by atoms with Crippen LogP contribution in [0.4, 0.5) is 5.13 Å². The minimum atomic E-state index is -4.10. The molecule has 0 aliphatic heterocycles. The number of carbonyl (C=O) groups excluding carboxylic acids is 1. The number of hydrogen-bond donors (Lipinski definition) is 2. The van der Waals surface area contributed by atoms with Crippen molar-refractivity contribution in [2.24, 2.45) is 5.16 Å². The summed E-state index contributed by atoms with van der Waals surface area (Å²) in [6, 6.07) is 0. The maximum atomic E-state index is 11.6. The molecule has 110 valence electrons. The van der Waals surface area contributed by atoms with Gasteiger partial charge in [-0.3, -0.25) is 0 Å². The Morgan fingerprint density at radius 1 is 1.50 bits per heavy atom. The minimum absolute atomic E-state index is 0.0157. The summed E-state index contributed by atoms with van der Waals surface area (Å²) in [6.45, 7) is -0.852. The normalized spacial score (nSPS) is 11.9. The quantitative estimate of drug-likeness (QED) is 0.353. The number of carboxylic acid groups (broad SMARTS) is 1. The van der Waals surface area contributed by atoms with Gasteiger partial charge in [0.15, 0.2) is 5.13 Å². The van der Waals surface area contributed by atoms with Crippen molar-refractivity contribution in [3.8, 4) is 0 Å². The van der Waals surface area contributed by atoms with E-state index >= 15 is 0 Å². The Morgan fingerprint density at radius 3 is 2.60 bits per heavy atom. The molecule has 1 heterocycles. The van der Waals surface area contributed by atoms with Crippen LogP contribution in [0.15, 0.2) is 5.16 Å². The summed E-state index contributed by atoms with van der Waals surface area (Å²) in [5, 5.41) is 11.5. The molecule has 13 heteroatoms. The molecule has 0 atom stereocenters. The molecule has 0 fully saturated rings. The van der Waals surface area contributed by atoms with Crippen molar-refractivity contribution in [1.82, 2.24) is 9.36 Å². The summed E-state index contributed by atoms with van der Waals surface area (Å²) in [5.74, 6) is -3.11. The number of anilines is 1. The molecule has 0 aliphatic rings. The van der Waals surface area contributed by atoms with Crippen LogP contribution in [0.25, 0.3) is 0 Å². The average molecular weight is 324 g/mol. The van der Waals surface area contributed by atoms with Gasteiger partial charge in [0.2, 0.25) is 18.1 Å². The van der Waals surface area contributed by atoms with Crippen LogP contribution in [0.1, 0.15) is 5.82 Å². The molecule has 11 nitrogen and oxygen atoms in total. The molecule has 1 aromatic heterocycles. The van der Waals surface area contributed by atoms with Crippen molar-refractivity contribution in [1.29, 1.82) is 0 Å². The van der Waals surface area contributed by atoms with Crippen LogP contribution in [0, 0.1) is 0 Å². The molecule has 0 unspecified atom stereocenters. The van der Waals surface area contributed by atoms with Crippen molar-refractivity contribution in [2.45, 2.75) is 0 Å². The van der Waals surface area contributed by atoms with Gasteiger partial charge in [-0.15, -0.1) is 0 Å². The lowest BCUT2D eigenvalue weighted by Gasteiger charge is -2.02. The van der Waals surface area contributed by atoms with Gasteiger partial charge in [-0.25, -0.2) is 9.59 Å². The van der Waals surface area contributed by atoms with Crippen LogP contribution in [0.2, 0.25) is 0 Å². The number of aromatic nitrogens is 2. The Balaban J connectivity index is 3.01. The van der Waals surface area contributed by atoms with Gasteiger partial charge in [-0.1, -0.05) is 5.16 Å². The summed E-state index contributed by atoms with van der Waals surface area (Å²) < 4.78 is 29.4. The van der Waals surface area contributed by atoms with Crippen molar-refractivity contribution in [3.05, 3.63) is 5.82 Å². The van der Waals surface area contributed by atoms with Crippen LogP contribution in [-0.2, 0) is 28.7 Å². The first-order valence-corrected chi connectivity index (χ1v) is 7.23. The van der Waals surface area contributed by atoms with E-state index in [4.69, 9.17) is 10.8 Å². The van der Waals surface area contributed by atoms with Crippen molar-refractivity contribution in [3.63, 3.8) is 0 Å². The average Bonchev–Trinajstić information content (AvgIpc) is 2.68. The van der Waals surface area contributed by atoms with E-state index in [1.165, 1.54) is 0 Å². The van der Waals surface area contributed by atoms with Gasteiger partial charge in [0.05, 0.1) is 6.26 Å². The maximum absolute atomic E-state index is 11.6. The lowest BCUT2D eigenvalue weighted by molar-refractivity contribution is -0.142. The predicted octanol–water partition coefficient (Wildman–Crippen LogP) is -1.57. The van der Waals surface area contributed by atoms with E-state index in [1.807, 2.05) is 0 Å². The number of rotatable bonds is 6. The Hall–Kier alpha value is -2.28. The lowest BCUT2D eigenvalue weighted by atomic mass is 10.4. The topological polar surface area (TPSA) is 171 Å². The number of nitrogen functional groups attached to an aromatic ring is 1. The first-order chi connectivity index (χ1) is 9.19. The molecule has 0 radical (unpaired) electrons. The highest BCUT2D eigenvalue weighted by atomic mass is 32.2. The Kier molecular flexibility index (Phi) is 4.93. The number of oxime groups is 1. The van der Waals surface area contributed by atoms with Gasteiger partial charge in [0, 0.05) is 11.5 Å². The van der Waals surface area contributed by atoms with Gasteiger partial charge in [0.1, 0.15) is 0 Å². The summed E-state index contributed by atoms with van der Waals surface area (Å²) in [6.07, 6.45) is 0.642. The summed E-state index contributed by atoms with van der Waals surface area (Å²) in [7, 11) is -4.10. The van der Waals surface area contributed by atoms with Gasteiger partial charge < -0.3 is 19.9 Å². The van der Waals surface area contributed by atoms with E-state index in [2.05, 4.69) is 23.5 Å². The van der Waals surface area contributed by atoms with E-state index in [9.17, 15) is 18.0 Å². The van der Waals surface area contributed by atoms with Crippen LogP contribution in [0.5, 0.6) is 0 Å². The summed E-state index contributed by atoms with van der Waals surface area (Å²) in [4.78, 5) is 29.8. The second kappa shape index (κ2) is 6.25. The van der Waals surface area contributed by atoms with E-state index in [0.717, 1.165) is 0 Å². The van der Waals surface area contributed by atoms with Crippen molar-refractivity contribution < 1.29 is 32.1 Å². The highest BCUT2D eigenvalue weighted by molar-refractivity contribution is 7.86. The highest BCUT2D eigenvalue weighted by Crippen LogP contribution is 2.08. The molecular weight excluding hydrogens is 316 g/mol. The zero-order valence-corrected chi connectivity index (χ0v) is 11.5. The molecule has 0 saturated heterocycles. The molecule has 0 aliphatic carbocycles. The van der Waals surface area contributed by atoms with Gasteiger partial charge in [0.25, 0.3) is 0 Å². The number of hydrogen-bond acceptors (Lipinski definition) is 11. The number of nitrogens with two attached hydrogens (primary N) is 1. The molecular formula is C7H8N4O7S2. The third-order valence-electron chi connectivity index (χ3n) is 1.42. The number of nitrogens with zero attached hydrogens (tertiary/aromatic N) is 3. The van der Waals surface area contributed by atoms with Gasteiger partial charge in [-0.05, 0) is 0 Å². The monoisotopic (exact) mass is 324 g/mol. The van der Waals surface area contributed by atoms with E-state index in [0.29, 0.717) is 17.8 Å². The molecule has 1 aromatic rings. The van der Waals surface area contributed by atoms with Crippen LogP contribution in [0.3, 0.4) is 0 Å². The third kappa shape index (κ3) is 5.15. The first-order valence-electron chi connectivity index (χ1n) is 4.64. The molecule has 0 saturated carbocycles. The molecule has 0 aromatic carbocycles. The molecule has 3 N–H and O–H groups in total. The SMILES string of the molecule is CS(=O)(=O)OC(=O)/C(=N/OCC(=O)O)c1nsc(N)n1. The fourth-order valence-corrected chi connectivity index (χ4v) is 1.62. The largest absolute Gasteiger partial charge is 0.479 e. The van der Waals surface area contributed by atoms with Crippen molar-refractivity contribution >= 4 is 44.4 Å². The van der Waals surface area contributed by atoms with E-state index in [1.54, 1.807) is 0 Å². The number of carboxylic acids is 1. The fourth-order valence-electron chi connectivity index (χ4n) is 0.830. The Labute approximate surface area is 116 Å². The first kappa shape index (κ1) is 15.8. The molecule has 0 spiro atoms. The zero-order valence-electron chi connectivity index (χ0n) is 9.84. The number of carbonyl (C=O) groups is 2. The van der Waals surface area contributed by atoms with Crippen LogP contribution in [-0.4, -0.2) is 53.4 Å². The summed E-state index contributed by atoms with van der Waals surface area (Å²) >= 11 is 0.715. The molecule has 0 amide bonds. The fraction of sp³-hybridized carbons (Fsp3) is 0.286. The summed E-state index contributed by atoms with van der Waals surface area (Å²) in [5.41, 5.74) is 4.59. The molecule has 20 heavy (non-hydrogen) atoms. The lowest BCUT2D eigenvalue weighted by Crippen LogP contribution is -2.23. The van der Waals surface area contributed by atoms with Crippen molar-refractivity contribution in [2.75, 3.05) is 18.6 Å². The Morgan fingerprint density at radius 2 is 2.15 bits per heavy atom. The second-order valence-corrected chi connectivity index (χ2v) is 5.50. The molecule has 1 rings (SSSR count). The zero-order chi connectivity index (χ0) is 15.3. The predicted molar refractivity (Wildman–Crippen MR) is 65.4 cm³/mol. The maximum Gasteiger partial charge on any atom is 0.379 e. The molecule has 0 bridgehead atoms. The third-order valence-corrected chi connectivity index (χ3v) is 2.41. The van der Waals surface area contributed by atoms with E-state index in [-0.39, 0.29) is 11.0 Å². The van der Waals surface area contributed by atoms with Crippen LogP contribution >= 0.6 is 11.5 Å².